The first-order valence-corrected chi connectivity index (χ1v) is 7.26. The Balaban J connectivity index is 1.84. The number of Topliss-reactive ketones (excluding diaryl/α,β-unsaturated/α-hetero) is 1. The van der Waals surface area contributed by atoms with Crippen LogP contribution < -0.4 is 4.74 Å². The predicted molar refractivity (Wildman–Crippen MR) is 78.7 cm³/mol. The molecule has 1 saturated carbocycles. The highest BCUT2D eigenvalue weighted by Gasteiger charge is 2.33. The average Bonchev–Trinajstić information content (AvgIpc) is 3.18. The number of benzene rings is 1. The summed E-state index contributed by atoms with van der Waals surface area (Å²) in [5.74, 6) is 1.95. The number of aromatic nitrogens is 1. The summed E-state index contributed by atoms with van der Waals surface area (Å²) < 4.78 is 11.3. The zero-order valence-corrected chi connectivity index (χ0v) is 12.6. The van der Waals surface area contributed by atoms with Gasteiger partial charge in [0.05, 0.1) is 5.56 Å². The molecule has 1 aliphatic carbocycles. The zero-order chi connectivity index (χ0) is 15.0. The molecule has 0 N–H and O–H groups in total. The smallest absolute Gasteiger partial charge is 0.165 e. The van der Waals surface area contributed by atoms with Crippen molar-refractivity contribution in [2.24, 2.45) is 0 Å². The molecule has 0 spiro atoms. The Morgan fingerprint density at radius 2 is 2.00 bits per heavy atom. The number of aryl methyl sites for hydroxylation is 2. The third kappa shape index (κ3) is 2.71. The molecule has 2 aromatic rings. The van der Waals surface area contributed by atoms with Gasteiger partial charge in [0.1, 0.15) is 18.1 Å². The van der Waals surface area contributed by atoms with E-state index in [1.54, 1.807) is 6.92 Å². The third-order valence-electron chi connectivity index (χ3n) is 3.85. The number of nitrogens with zero attached hydrogens (tertiary/aromatic N) is 1. The van der Waals surface area contributed by atoms with E-state index in [1.165, 1.54) is 0 Å². The lowest BCUT2D eigenvalue weighted by atomic mass is 10.1. The van der Waals surface area contributed by atoms with Gasteiger partial charge in [-0.15, -0.1) is 0 Å². The number of hydrogen-bond donors (Lipinski definition) is 0. The molecule has 110 valence electrons. The van der Waals surface area contributed by atoms with Gasteiger partial charge in [0.25, 0.3) is 0 Å². The fourth-order valence-corrected chi connectivity index (χ4v) is 2.60. The van der Waals surface area contributed by atoms with Gasteiger partial charge in [0, 0.05) is 5.92 Å². The fraction of sp³-hybridized carbons (Fsp3) is 0.412. The monoisotopic (exact) mass is 285 g/mol. The van der Waals surface area contributed by atoms with Crippen molar-refractivity contribution in [3.05, 3.63) is 46.3 Å². The fourth-order valence-electron chi connectivity index (χ4n) is 2.60. The van der Waals surface area contributed by atoms with Crippen LogP contribution in [-0.2, 0) is 6.61 Å². The summed E-state index contributed by atoms with van der Waals surface area (Å²) in [5.41, 5.74) is 3.37. The lowest BCUT2D eigenvalue weighted by Gasteiger charge is -2.11. The summed E-state index contributed by atoms with van der Waals surface area (Å²) in [7, 11) is 0. The topological polar surface area (TPSA) is 52.3 Å². The van der Waals surface area contributed by atoms with Crippen molar-refractivity contribution in [2.75, 3.05) is 0 Å². The maximum absolute atomic E-state index is 11.9. The van der Waals surface area contributed by atoms with Gasteiger partial charge in [-0.25, -0.2) is 0 Å². The Bertz CT molecular complexity index is 663. The van der Waals surface area contributed by atoms with Crippen LogP contribution in [0.15, 0.2) is 22.7 Å². The zero-order valence-electron chi connectivity index (χ0n) is 12.6. The first-order chi connectivity index (χ1) is 10.1. The highest BCUT2D eigenvalue weighted by Crippen LogP contribution is 2.42. The number of carbonyl (C=O) groups is 1. The lowest BCUT2D eigenvalue weighted by Crippen LogP contribution is -2.05. The summed E-state index contributed by atoms with van der Waals surface area (Å²) in [5, 5.41) is 4.05. The number of hydrogen-bond acceptors (Lipinski definition) is 4. The average molecular weight is 285 g/mol. The molecule has 0 radical (unpaired) electrons. The first kappa shape index (κ1) is 13.9. The Hall–Kier alpha value is -2.10. The van der Waals surface area contributed by atoms with Crippen LogP contribution in [0, 0.1) is 13.8 Å². The molecule has 1 heterocycles. The Labute approximate surface area is 124 Å². The minimum Gasteiger partial charge on any atom is -0.487 e. The van der Waals surface area contributed by atoms with E-state index in [0.29, 0.717) is 17.2 Å². The van der Waals surface area contributed by atoms with Crippen LogP contribution in [0.4, 0.5) is 0 Å². The molecule has 1 aromatic carbocycles. The van der Waals surface area contributed by atoms with E-state index in [0.717, 1.165) is 35.5 Å². The largest absolute Gasteiger partial charge is 0.487 e. The van der Waals surface area contributed by atoms with Crippen molar-refractivity contribution < 1.29 is 14.1 Å². The maximum Gasteiger partial charge on any atom is 0.165 e. The van der Waals surface area contributed by atoms with E-state index in [-0.39, 0.29) is 12.4 Å². The standard InChI is InChI=1S/C17H19NO3/c1-10-5-4-6-11(2)16(10)20-9-14-15(12(3)19)17(21-18-14)13-7-8-13/h4-6,13H,7-9H2,1-3H3. The minimum atomic E-state index is -0.00162. The first-order valence-electron chi connectivity index (χ1n) is 7.26. The van der Waals surface area contributed by atoms with Crippen LogP contribution >= 0.6 is 0 Å². The van der Waals surface area contributed by atoms with Crippen molar-refractivity contribution in [3.8, 4) is 5.75 Å². The van der Waals surface area contributed by atoms with Gasteiger partial charge in [-0.1, -0.05) is 23.4 Å². The quantitative estimate of drug-likeness (QED) is 0.780. The Morgan fingerprint density at radius 3 is 2.57 bits per heavy atom. The molecule has 1 fully saturated rings. The molecule has 1 aromatic heterocycles. The summed E-state index contributed by atoms with van der Waals surface area (Å²) in [6.45, 7) is 5.83. The van der Waals surface area contributed by atoms with Gasteiger partial charge in [0.2, 0.25) is 0 Å². The van der Waals surface area contributed by atoms with Crippen molar-refractivity contribution in [1.82, 2.24) is 5.16 Å². The lowest BCUT2D eigenvalue weighted by molar-refractivity contribution is 0.101. The van der Waals surface area contributed by atoms with Crippen LogP contribution in [-0.4, -0.2) is 10.9 Å². The van der Waals surface area contributed by atoms with Gasteiger partial charge in [0.15, 0.2) is 11.5 Å². The van der Waals surface area contributed by atoms with Crippen molar-refractivity contribution in [2.45, 2.75) is 46.1 Å². The normalized spacial score (nSPS) is 14.2. The van der Waals surface area contributed by atoms with Gasteiger partial charge in [-0.3, -0.25) is 4.79 Å². The molecule has 0 amide bonds. The minimum absolute atomic E-state index is 0.00162. The van der Waals surface area contributed by atoms with Crippen molar-refractivity contribution in [3.63, 3.8) is 0 Å². The summed E-state index contributed by atoms with van der Waals surface area (Å²) in [4.78, 5) is 11.9. The van der Waals surface area contributed by atoms with Gasteiger partial charge in [-0.05, 0) is 44.7 Å². The van der Waals surface area contributed by atoms with Crippen LogP contribution in [0.3, 0.4) is 0 Å². The second-order valence-corrected chi connectivity index (χ2v) is 5.71. The third-order valence-corrected chi connectivity index (χ3v) is 3.85. The number of ketones is 1. The summed E-state index contributed by atoms with van der Waals surface area (Å²) in [6, 6.07) is 6.01. The molecule has 4 heteroatoms. The van der Waals surface area contributed by atoms with Crippen LogP contribution in [0.25, 0.3) is 0 Å². The number of rotatable bonds is 5. The van der Waals surface area contributed by atoms with Gasteiger partial charge >= 0.3 is 0 Å². The van der Waals surface area contributed by atoms with Gasteiger partial charge in [-0.2, -0.15) is 0 Å². The van der Waals surface area contributed by atoms with E-state index < -0.39 is 0 Å². The van der Waals surface area contributed by atoms with E-state index in [2.05, 4.69) is 5.16 Å². The molecule has 0 aliphatic heterocycles. The second-order valence-electron chi connectivity index (χ2n) is 5.71. The summed E-state index contributed by atoms with van der Waals surface area (Å²) in [6.07, 6.45) is 2.15. The van der Waals surface area contributed by atoms with Crippen molar-refractivity contribution in [1.29, 1.82) is 0 Å². The Kier molecular flexibility index (Phi) is 3.53. The molecule has 3 rings (SSSR count). The molecule has 0 unspecified atom stereocenters. The van der Waals surface area contributed by atoms with Crippen molar-refractivity contribution >= 4 is 5.78 Å². The second kappa shape index (κ2) is 5.35. The molecule has 0 saturated heterocycles. The SMILES string of the molecule is CC(=O)c1c(COc2c(C)cccc2C)noc1C1CC1. The molecule has 21 heavy (non-hydrogen) atoms. The molecule has 0 bridgehead atoms. The van der Waals surface area contributed by atoms with Crippen LogP contribution in [0.1, 0.15) is 58.6 Å². The number of ether oxygens (including phenoxy) is 1. The number of carbonyl (C=O) groups excluding carboxylic acids is 1. The molecule has 4 nitrogen and oxygen atoms in total. The molecular weight excluding hydrogens is 266 g/mol. The maximum atomic E-state index is 11.9. The highest BCUT2D eigenvalue weighted by atomic mass is 16.5. The predicted octanol–water partition coefficient (Wildman–Crippen LogP) is 3.95. The van der Waals surface area contributed by atoms with Crippen LogP contribution in [0.5, 0.6) is 5.75 Å². The number of para-hydroxylation sites is 1. The molecule has 1 aliphatic rings. The van der Waals surface area contributed by atoms with Crippen LogP contribution in [0.2, 0.25) is 0 Å². The van der Waals surface area contributed by atoms with E-state index in [4.69, 9.17) is 9.26 Å². The molecule has 0 atom stereocenters. The summed E-state index contributed by atoms with van der Waals surface area (Å²) >= 11 is 0. The Morgan fingerprint density at radius 1 is 1.33 bits per heavy atom. The van der Waals surface area contributed by atoms with E-state index >= 15 is 0 Å². The van der Waals surface area contributed by atoms with E-state index in [9.17, 15) is 4.79 Å². The highest BCUT2D eigenvalue weighted by molar-refractivity contribution is 5.96. The van der Waals surface area contributed by atoms with E-state index in [1.807, 2.05) is 32.0 Å². The molecular formula is C17H19NO3. The van der Waals surface area contributed by atoms with Gasteiger partial charge < -0.3 is 9.26 Å².